The van der Waals surface area contributed by atoms with Crippen LogP contribution in [-0.4, -0.2) is 107 Å². The summed E-state index contributed by atoms with van der Waals surface area (Å²) in [7, 11) is 6.59. The topological polar surface area (TPSA) is 298 Å². The molecule has 0 bridgehead atoms. The molecule has 2 saturated carbocycles. The summed E-state index contributed by atoms with van der Waals surface area (Å²) in [5.41, 5.74) is 14.6. The fourth-order valence-corrected chi connectivity index (χ4v) is 10.7. The third-order valence-corrected chi connectivity index (χ3v) is 15.6. The molecule has 2 aliphatic carbocycles. The largest absolute Gasteiger partial charge is 0.496 e. The number of rotatable bonds is 27. The molecule has 0 saturated heterocycles. The van der Waals surface area contributed by atoms with E-state index in [4.69, 9.17) is 70.2 Å². The molecular weight excluding hydrogens is 1180 g/mol. The van der Waals surface area contributed by atoms with Crippen LogP contribution in [0.2, 0.25) is 15.9 Å². The van der Waals surface area contributed by atoms with Gasteiger partial charge in [-0.25, -0.2) is 0 Å². The van der Waals surface area contributed by atoms with Gasteiger partial charge in [0.25, 0.3) is 0 Å². The first kappa shape index (κ1) is 68.3. The molecule has 0 aliphatic heterocycles. The average Bonchev–Trinajstić information content (AvgIpc) is 2.14. The maximum Gasteiger partial charge on any atom is 0.248 e. The van der Waals surface area contributed by atoms with Crippen molar-refractivity contribution in [3.8, 4) is 23.0 Å². The van der Waals surface area contributed by atoms with Gasteiger partial charge in [-0.2, -0.15) is 29.9 Å². The van der Waals surface area contributed by atoms with Crippen molar-refractivity contribution in [3.63, 3.8) is 0 Å². The number of primary amides is 2. The number of methoxy groups -OCH3 is 2. The van der Waals surface area contributed by atoms with E-state index in [1.807, 2.05) is 30.3 Å². The Hall–Kier alpha value is -7.79. The summed E-state index contributed by atoms with van der Waals surface area (Å²) in [4.78, 5) is 72.4. The highest BCUT2D eigenvalue weighted by Gasteiger charge is 2.29. The molecule has 2 aromatic heterocycles. The maximum atomic E-state index is 11.7. The number of halogens is 3. The number of amides is 4. The second-order valence-electron chi connectivity index (χ2n) is 21.1. The second-order valence-corrected chi connectivity index (χ2v) is 22.1. The van der Waals surface area contributed by atoms with E-state index in [0.29, 0.717) is 97.4 Å². The van der Waals surface area contributed by atoms with Crippen molar-refractivity contribution in [1.82, 2.24) is 45.9 Å². The van der Waals surface area contributed by atoms with Crippen molar-refractivity contribution in [1.29, 1.82) is 0 Å². The van der Waals surface area contributed by atoms with E-state index < -0.39 is 11.8 Å². The fourth-order valence-electron chi connectivity index (χ4n) is 10.2. The van der Waals surface area contributed by atoms with Gasteiger partial charge in [-0.3, -0.25) is 19.2 Å². The number of hydrogen-bond donors (Lipinski definition) is 7. The molecule has 6 aromatic rings. The SMILES string of the molecule is CNC(=O)CCCOc1ccc(CN(c2nc(Cl)nc(Nc3cccc(C(N)=O)c3)n2)[C@@H](C)C2CCCCC2)c(OC)c1.CNC(=O)CCCOc1ccc(CN[C@@H](C)C2CCCCC2)c(OC)c1.NC(=O)c1cccc(Nc2nc(Cl)nc(Cl)n2)c1. The quantitative estimate of drug-likeness (QED) is 0.0236. The number of hydrogen-bond acceptors (Lipinski definition) is 18. The number of anilines is 5. The number of nitrogens with zero attached hydrogens (tertiary/aromatic N) is 7. The van der Waals surface area contributed by atoms with Gasteiger partial charge >= 0.3 is 0 Å². The van der Waals surface area contributed by atoms with Gasteiger partial charge in [-0.15, -0.1) is 0 Å². The Balaban J connectivity index is 0.000000232. The van der Waals surface area contributed by atoms with E-state index in [-0.39, 0.29) is 45.6 Å². The third kappa shape index (κ3) is 22.8. The summed E-state index contributed by atoms with van der Waals surface area (Å²) in [6.07, 6.45) is 14.9. The first-order chi connectivity index (χ1) is 41.9. The molecule has 468 valence electrons. The maximum absolute atomic E-state index is 11.7. The van der Waals surface area contributed by atoms with Crippen LogP contribution in [0, 0.1) is 11.8 Å². The van der Waals surface area contributed by atoms with Crippen molar-refractivity contribution in [2.24, 2.45) is 23.3 Å². The van der Waals surface area contributed by atoms with Crippen molar-refractivity contribution >= 4 is 87.7 Å². The zero-order valence-electron chi connectivity index (χ0n) is 50.3. The van der Waals surface area contributed by atoms with Crippen molar-refractivity contribution < 1.29 is 38.1 Å². The number of nitrogens with two attached hydrogens (primary N) is 2. The lowest BCUT2D eigenvalue weighted by Crippen LogP contribution is -2.40. The molecule has 9 N–H and O–H groups in total. The van der Waals surface area contributed by atoms with Crippen LogP contribution in [0.4, 0.5) is 29.2 Å². The first-order valence-corrected chi connectivity index (χ1v) is 30.4. The van der Waals surface area contributed by atoms with Crippen LogP contribution in [-0.2, 0) is 22.7 Å². The Morgan fingerprint density at radius 1 is 0.586 bits per heavy atom. The summed E-state index contributed by atoms with van der Waals surface area (Å²) < 4.78 is 22.9. The van der Waals surface area contributed by atoms with E-state index in [0.717, 1.165) is 47.9 Å². The monoisotopic (exact) mass is 1250 g/mol. The Labute approximate surface area is 524 Å². The minimum Gasteiger partial charge on any atom is -0.496 e. The molecule has 4 amide bonds. The van der Waals surface area contributed by atoms with E-state index in [9.17, 15) is 19.2 Å². The number of benzene rings is 4. The van der Waals surface area contributed by atoms with Crippen molar-refractivity contribution in [3.05, 3.63) is 123 Å². The van der Waals surface area contributed by atoms with Gasteiger partial charge in [-0.1, -0.05) is 56.7 Å². The number of aromatic nitrogens is 6. The molecular formula is C62H81Cl3N14O8. The van der Waals surface area contributed by atoms with Crippen LogP contribution in [0.1, 0.15) is 136 Å². The van der Waals surface area contributed by atoms with Gasteiger partial charge in [0, 0.05) is 97.9 Å². The normalized spacial score (nSPS) is 13.9. The molecule has 4 aromatic carbocycles. The summed E-state index contributed by atoms with van der Waals surface area (Å²) in [6, 6.07) is 25.7. The van der Waals surface area contributed by atoms with Crippen LogP contribution >= 0.6 is 34.8 Å². The Morgan fingerprint density at radius 2 is 1.05 bits per heavy atom. The highest BCUT2D eigenvalue weighted by molar-refractivity contribution is 6.31. The summed E-state index contributed by atoms with van der Waals surface area (Å²) in [6.45, 7) is 6.71. The Morgan fingerprint density at radius 3 is 1.53 bits per heavy atom. The molecule has 2 heterocycles. The van der Waals surface area contributed by atoms with Gasteiger partial charge in [0.15, 0.2) is 0 Å². The number of carbonyl (C=O) groups excluding carboxylic acids is 4. The third-order valence-electron chi connectivity index (χ3n) is 15.1. The van der Waals surface area contributed by atoms with Crippen molar-refractivity contribution in [2.45, 2.75) is 129 Å². The highest BCUT2D eigenvalue weighted by atomic mass is 35.5. The number of carbonyl (C=O) groups is 4. The van der Waals surface area contributed by atoms with E-state index >= 15 is 0 Å². The van der Waals surface area contributed by atoms with Crippen LogP contribution in [0.15, 0.2) is 84.9 Å². The second kappa shape index (κ2) is 35.7. The molecule has 0 radical (unpaired) electrons. The average molecular weight is 1260 g/mol. The summed E-state index contributed by atoms with van der Waals surface area (Å²) >= 11 is 17.7. The lowest BCUT2D eigenvalue weighted by atomic mass is 9.84. The molecule has 0 unspecified atom stereocenters. The predicted octanol–water partition coefficient (Wildman–Crippen LogP) is 10.9. The Kier molecular flexibility index (Phi) is 28.1. The van der Waals surface area contributed by atoms with E-state index in [2.05, 4.69) is 76.3 Å². The molecule has 87 heavy (non-hydrogen) atoms. The van der Waals surface area contributed by atoms with Crippen LogP contribution < -0.4 is 61.9 Å². The predicted molar refractivity (Wildman–Crippen MR) is 340 cm³/mol. The highest BCUT2D eigenvalue weighted by Crippen LogP contribution is 2.35. The van der Waals surface area contributed by atoms with E-state index in [1.165, 1.54) is 51.4 Å². The van der Waals surface area contributed by atoms with E-state index in [1.54, 1.807) is 76.8 Å². The smallest absolute Gasteiger partial charge is 0.248 e. The summed E-state index contributed by atoms with van der Waals surface area (Å²) in [5.74, 6) is 4.06. The zero-order valence-corrected chi connectivity index (χ0v) is 52.6. The lowest BCUT2D eigenvalue weighted by Gasteiger charge is -2.37. The molecule has 2 atom stereocenters. The standard InChI is InChI=1S/C31H40ClN7O4.C21H34N2O3.C10H7Cl2N5O/c1-20(21-9-5-4-6-10-21)39(19-23-14-15-25(18-26(23)42-3)43-16-8-13-27(40)34-2)31-37-29(32)36-30(38-31)35-24-12-7-11-22(17-24)28(33)41;1-16(17-8-5-4-6-9-17)23-15-18-11-12-19(14-20(18)25-3)26-13-7-10-21(24)22-2;11-8-15-9(12)17-10(16-8)14-6-3-1-2-5(4-6)7(13)18/h7,11-12,14-15,17-18,20-21H,4-6,8-10,13,16,19H2,1-3H3,(H2,33,41)(H,34,40)(H,35,36,37,38);11-12,14,16-17,23H,4-10,13,15H2,1-3H3,(H,22,24);1-4H,(H2,13,18)(H,14,15,16,17)/t20-;16-;/m00./s1. The van der Waals surface area contributed by atoms with Gasteiger partial charge in [0.05, 0.1) is 27.4 Å². The number of nitrogens with one attached hydrogen (secondary N) is 5. The molecule has 8 rings (SSSR count). The lowest BCUT2D eigenvalue weighted by molar-refractivity contribution is -0.121. The molecule has 25 heteroatoms. The first-order valence-electron chi connectivity index (χ1n) is 29.3. The Bertz CT molecular complexity index is 3170. The van der Waals surface area contributed by atoms with Crippen LogP contribution in [0.3, 0.4) is 0 Å². The zero-order chi connectivity index (χ0) is 62.7. The molecule has 22 nitrogen and oxygen atoms in total. The summed E-state index contributed by atoms with van der Waals surface area (Å²) in [5, 5.41) is 14.9. The fraction of sp³-hybridized carbons (Fsp3) is 0.452. The van der Waals surface area contributed by atoms with Gasteiger partial charge < -0.3 is 61.9 Å². The number of ether oxygens (including phenoxy) is 4. The van der Waals surface area contributed by atoms with Gasteiger partial charge in [-0.05, 0) is 154 Å². The molecule has 2 fully saturated rings. The van der Waals surface area contributed by atoms with Crippen molar-refractivity contribution in [2.75, 3.05) is 57.1 Å². The van der Waals surface area contributed by atoms with Gasteiger partial charge in [0.2, 0.25) is 57.3 Å². The molecule has 0 spiro atoms. The van der Waals surface area contributed by atoms with Gasteiger partial charge in [0.1, 0.15) is 23.0 Å². The van der Waals surface area contributed by atoms with Crippen LogP contribution in [0.5, 0.6) is 23.0 Å². The minimum atomic E-state index is -0.528. The molecule has 2 aliphatic rings. The minimum absolute atomic E-state index is 0.0142. The van der Waals surface area contributed by atoms with Crippen LogP contribution in [0.25, 0.3) is 0 Å².